The van der Waals surface area contributed by atoms with Crippen molar-refractivity contribution >= 4 is 5.91 Å². The molecule has 0 fully saturated rings. The number of hydrogen-bond donors (Lipinski definition) is 0. The van der Waals surface area contributed by atoms with Crippen LogP contribution in [0.5, 0.6) is 5.75 Å². The largest absolute Gasteiger partial charge is 0.481 e. The molecular weight excluding hydrogens is 342 g/mol. The second-order valence-electron chi connectivity index (χ2n) is 6.47. The number of rotatable bonds is 7. The number of aromatic nitrogens is 2. The average Bonchev–Trinajstić information content (AvgIpc) is 3.15. The standard InChI is InChI=1S/C21H23N3O3/c1-15-8-7-9-17(14-15)20-22-19(23-27-20)12-13-24(3)21(25)16(2)26-18-10-5-4-6-11-18/h4-11,14,16H,12-13H2,1-3H3. The normalized spacial score (nSPS) is 11.8. The number of ether oxygens (including phenoxy) is 1. The molecule has 0 saturated carbocycles. The lowest BCUT2D eigenvalue weighted by atomic mass is 10.1. The molecule has 1 heterocycles. The van der Waals surface area contributed by atoms with Gasteiger partial charge in [0.1, 0.15) is 5.75 Å². The third-order valence-corrected chi connectivity index (χ3v) is 4.18. The number of benzene rings is 2. The Kier molecular flexibility index (Phi) is 5.86. The van der Waals surface area contributed by atoms with E-state index in [0.29, 0.717) is 30.4 Å². The molecular formula is C21H23N3O3. The number of nitrogens with zero attached hydrogens (tertiary/aromatic N) is 3. The molecule has 0 bridgehead atoms. The molecule has 6 nitrogen and oxygen atoms in total. The van der Waals surface area contributed by atoms with Gasteiger partial charge in [-0.25, -0.2) is 0 Å². The Hall–Kier alpha value is -3.15. The first-order chi connectivity index (χ1) is 13.0. The summed E-state index contributed by atoms with van der Waals surface area (Å²) in [6, 6.07) is 17.2. The Morgan fingerprint density at radius 3 is 2.70 bits per heavy atom. The Balaban J connectivity index is 1.54. The molecule has 6 heteroatoms. The molecule has 1 amide bonds. The zero-order valence-corrected chi connectivity index (χ0v) is 15.8. The average molecular weight is 365 g/mol. The first kappa shape index (κ1) is 18.6. The van der Waals surface area contributed by atoms with E-state index in [-0.39, 0.29) is 5.91 Å². The van der Waals surface area contributed by atoms with E-state index in [0.717, 1.165) is 11.1 Å². The SMILES string of the molecule is Cc1cccc(-c2nc(CCN(C)C(=O)C(C)Oc3ccccc3)no2)c1. The molecule has 1 atom stereocenters. The van der Waals surface area contributed by atoms with Gasteiger partial charge in [-0.2, -0.15) is 4.98 Å². The lowest BCUT2D eigenvalue weighted by molar-refractivity contribution is -0.136. The summed E-state index contributed by atoms with van der Waals surface area (Å²) in [6.45, 7) is 4.24. The Morgan fingerprint density at radius 2 is 1.96 bits per heavy atom. The fourth-order valence-electron chi connectivity index (χ4n) is 2.69. The van der Waals surface area contributed by atoms with Gasteiger partial charge in [-0.15, -0.1) is 0 Å². The smallest absolute Gasteiger partial charge is 0.263 e. The van der Waals surface area contributed by atoms with Gasteiger partial charge in [-0.3, -0.25) is 4.79 Å². The second-order valence-corrected chi connectivity index (χ2v) is 6.47. The summed E-state index contributed by atoms with van der Waals surface area (Å²) >= 11 is 0. The van der Waals surface area contributed by atoms with Crippen LogP contribution < -0.4 is 4.74 Å². The summed E-state index contributed by atoms with van der Waals surface area (Å²) in [5.41, 5.74) is 2.02. The molecule has 27 heavy (non-hydrogen) atoms. The number of carbonyl (C=O) groups is 1. The van der Waals surface area contributed by atoms with Crippen LogP contribution in [-0.2, 0) is 11.2 Å². The minimum Gasteiger partial charge on any atom is -0.481 e. The number of likely N-dealkylation sites (N-methyl/N-ethyl adjacent to an activating group) is 1. The highest BCUT2D eigenvalue weighted by molar-refractivity contribution is 5.80. The zero-order valence-electron chi connectivity index (χ0n) is 15.8. The van der Waals surface area contributed by atoms with Crippen molar-refractivity contribution in [2.45, 2.75) is 26.4 Å². The Bertz CT molecular complexity index is 892. The van der Waals surface area contributed by atoms with Gasteiger partial charge < -0.3 is 14.2 Å². The van der Waals surface area contributed by atoms with Crippen LogP contribution in [-0.4, -0.2) is 40.6 Å². The maximum Gasteiger partial charge on any atom is 0.263 e. The van der Waals surface area contributed by atoms with Crippen LogP contribution in [0.1, 0.15) is 18.3 Å². The van der Waals surface area contributed by atoms with Crippen molar-refractivity contribution in [1.82, 2.24) is 15.0 Å². The van der Waals surface area contributed by atoms with Crippen molar-refractivity contribution in [3.8, 4) is 17.2 Å². The summed E-state index contributed by atoms with van der Waals surface area (Å²) in [7, 11) is 1.74. The van der Waals surface area contributed by atoms with E-state index in [9.17, 15) is 4.79 Å². The predicted octanol–water partition coefficient (Wildman–Crippen LogP) is 3.51. The highest BCUT2D eigenvalue weighted by Crippen LogP contribution is 2.18. The first-order valence-electron chi connectivity index (χ1n) is 8.89. The summed E-state index contributed by atoms with van der Waals surface area (Å²) in [4.78, 5) is 18.5. The Labute approximate surface area is 158 Å². The number of amides is 1. The van der Waals surface area contributed by atoms with E-state index in [1.54, 1.807) is 18.9 Å². The minimum atomic E-state index is -0.564. The van der Waals surface area contributed by atoms with Gasteiger partial charge in [0.15, 0.2) is 11.9 Å². The van der Waals surface area contributed by atoms with Crippen molar-refractivity contribution in [3.05, 3.63) is 66.0 Å². The number of hydrogen-bond acceptors (Lipinski definition) is 5. The van der Waals surface area contributed by atoms with Crippen molar-refractivity contribution < 1.29 is 14.1 Å². The van der Waals surface area contributed by atoms with Gasteiger partial charge >= 0.3 is 0 Å². The quantitative estimate of drug-likeness (QED) is 0.641. The monoisotopic (exact) mass is 365 g/mol. The second kappa shape index (κ2) is 8.49. The molecule has 1 unspecified atom stereocenters. The van der Waals surface area contributed by atoms with Gasteiger partial charge in [-0.05, 0) is 38.1 Å². The molecule has 140 valence electrons. The van der Waals surface area contributed by atoms with Crippen molar-refractivity contribution in [3.63, 3.8) is 0 Å². The van der Waals surface area contributed by atoms with Gasteiger partial charge in [0.25, 0.3) is 11.8 Å². The van der Waals surface area contributed by atoms with E-state index >= 15 is 0 Å². The summed E-state index contributed by atoms with van der Waals surface area (Å²) in [5.74, 6) is 1.64. The number of para-hydroxylation sites is 1. The van der Waals surface area contributed by atoms with Gasteiger partial charge in [0.05, 0.1) is 0 Å². The molecule has 0 N–H and O–H groups in total. The van der Waals surface area contributed by atoms with Crippen LogP contribution >= 0.6 is 0 Å². The summed E-state index contributed by atoms with van der Waals surface area (Å²) in [6.07, 6.45) is -0.0548. The maximum atomic E-state index is 12.5. The van der Waals surface area contributed by atoms with Crippen molar-refractivity contribution in [2.75, 3.05) is 13.6 Å². The molecule has 0 saturated heterocycles. The van der Waals surface area contributed by atoms with Crippen LogP contribution in [0.3, 0.4) is 0 Å². The van der Waals surface area contributed by atoms with Gasteiger partial charge in [0, 0.05) is 25.6 Å². The van der Waals surface area contributed by atoms with Crippen LogP contribution in [0.4, 0.5) is 0 Å². The molecule has 3 aromatic rings. The molecule has 0 aliphatic rings. The van der Waals surface area contributed by atoms with Crippen LogP contribution in [0, 0.1) is 6.92 Å². The van der Waals surface area contributed by atoms with Crippen molar-refractivity contribution in [1.29, 1.82) is 0 Å². The summed E-state index contributed by atoms with van der Waals surface area (Å²) in [5, 5.41) is 4.01. The molecule has 0 radical (unpaired) electrons. The van der Waals surface area contributed by atoms with E-state index in [1.807, 2.05) is 61.5 Å². The van der Waals surface area contributed by atoms with Crippen LogP contribution in [0.15, 0.2) is 59.1 Å². The van der Waals surface area contributed by atoms with Crippen molar-refractivity contribution in [2.24, 2.45) is 0 Å². The molecule has 1 aromatic heterocycles. The predicted molar refractivity (Wildman–Crippen MR) is 102 cm³/mol. The zero-order chi connectivity index (χ0) is 19.2. The van der Waals surface area contributed by atoms with E-state index in [1.165, 1.54) is 0 Å². The lowest BCUT2D eigenvalue weighted by Gasteiger charge is -2.21. The molecule has 3 rings (SSSR count). The number of aryl methyl sites for hydroxylation is 1. The van der Waals surface area contributed by atoms with Gasteiger partial charge in [-0.1, -0.05) is 41.1 Å². The molecule has 0 spiro atoms. The Morgan fingerprint density at radius 1 is 1.19 bits per heavy atom. The molecule has 0 aliphatic carbocycles. The fourth-order valence-corrected chi connectivity index (χ4v) is 2.69. The first-order valence-corrected chi connectivity index (χ1v) is 8.89. The minimum absolute atomic E-state index is 0.0961. The third kappa shape index (κ3) is 4.94. The molecule has 2 aromatic carbocycles. The van der Waals surface area contributed by atoms with E-state index < -0.39 is 6.10 Å². The lowest BCUT2D eigenvalue weighted by Crippen LogP contribution is -2.39. The molecule has 0 aliphatic heterocycles. The fraction of sp³-hybridized carbons (Fsp3) is 0.286. The third-order valence-electron chi connectivity index (χ3n) is 4.18. The number of carbonyl (C=O) groups excluding carboxylic acids is 1. The van der Waals surface area contributed by atoms with E-state index in [2.05, 4.69) is 10.1 Å². The highest BCUT2D eigenvalue weighted by Gasteiger charge is 2.20. The maximum absolute atomic E-state index is 12.5. The highest BCUT2D eigenvalue weighted by atomic mass is 16.5. The van der Waals surface area contributed by atoms with E-state index in [4.69, 9.17) is 9.26 Å². The topological polar surface area (TPSA) is 68.5 Å². The summed E-state index contributed by atoms with van der Waals surface area (Å²) < 4.78 is 11.0. The van der Waals surface area contributed by atoms with Crippen LogP contribution in [0.2, 0.25) is 0 Å². The van der Waals surface area contributed by atoms with Crippen LogP contribution in [0.25, 0.3) is 11.5 Å². The van der Waals surface area contributed by atoms with Gasteiger partial charge in [0.2, 0.25) is 0 Å².